The molecule has 3 saturated carbocycles. The molecule has 1 N–H and O–H groups in total. The Labute approximate surface area is 260 Å². The molecule has 2 heterocycles. The van der Waals surface area contributed by atoms with Gasteiger partial charge in [0.2, 0.25) is 0 Å². The van der Waals surface area contributed by atoms with E-state index in [2.05, 4.69) is 42.4 Å². The number of nitrogens with one attached hydrogen (secondary N) is 1. The average Bonchev–Trinajstić information content (AvgIpc) is 3.02. The molecule has 0 spiro atoms. The fourth-order valence-electron chi connectivity index (χ4n) is 8.14. The molecule has 9 heteroatoms. The van der Waals surface area contributed by atoms with E-state index in [4.69, 9.17) is 9.72 Å². The van der Waals surface area contributed by atoms with Gasteiger partial charge in [-0.1, -0.05) is 33.8 Å². The van der Waals surface area contributed by atoms with Gasteiger partial charge in [-0.15, -0.1) is 0 Å². The van der Waals surface area contributed by atoms with Crippen molar-refractivity contribution in [1.82, 2.24) is 19.4 Å². The number of nitrogens with zero attached hydrogens (tertiary/aromatic N) is 5. The van der Waals surface area contributed by atoms with Crippen molar-refractivity contribution in [3.05, 3.63) is 64.5 Å². The van der Waals surface area contributed by atoms with Gasteiger partial charge in [-0.05, 0) is 85.2 Å². The number of ether oxygens (including phenoxy) is 1. The fourth-order valence-corrected chi connectivity index (χ4v) is 8.14. The van der Waals surface area contributed by atoms with Crippen LogP contribution in [0, 0.1) is 34.4 Å². The van der Waals surface area contributed by atoms with Gasteiger partial charge < -0.3 is 14.5 Å². The molecule has 4 fully saturated rings. The molecule has 0 radical (unpaired) electrons. The fraction of sp³-hybridized carbons (Fsp3) is 0.571. The standard InChI is InChI=1S/C35H47FN6O2/c1-6-12-39-14-16-40(17-15-39)34(37)42(32-19-25-18-29(23(32)2)35(25,3)4)26-8-10-28-31(20-26)38-22-41(33(28)43)13-11-24-7-9-27(44-5)21-30(24)36/h7-10,20-23,25,29,32,37H,6,11-19H2,1-5H3/t23-,25-,29+,32?/m0/s1. The molecule has 3 aromatic rings. The molecule has 1 aromatic heterocycles. The Morgan fingerprint density at radius 1 is 1.11 bits per heavy atom. The molecule has 3 aliphatic carbocycles. The van der Waals surface area contributed by atoms with Crippen LogP contribution in [0.4, 0.5) is 10.1 Å². The van der Waals surface area contributed by atoms with Crippen LogP contribution < -0.4 is 15.2 Å². The summed E-state index contributed by atoms with van der Waals surface area (Å²) < 4.78 is 21.2. The predicted octanol–water partition coefficient (Wildman–Crippen LogP) is 5.63. The highest BCUT2D eigenvalue weighted by atomic mass is 19.1. The van der Waals surface area contributed by atoms with Gasteiger partial charge >= 0.3 is 0 Å². The van der Waals surface area contributed by atoms with E-state index in [9.17, 15) is 14.6 Å². The molecule has 7 rings (SSSR count). The van der Waals surface area contributed by atoms with Crippen molar-refractivity contribution in [3.8, 4) is 5.75 Å². The summed E-state index contributed by atoms with van der Waals surface area (Å²) in [5, 5.41) is 10.1. The zero-order valence-electron chi connectivity index (χ0n) is 26.9. The third-order valence-electron chi connectivity index (χ3n) is 11.1. The molecule has 236 valence electrons. The molecule has 44 heavy (non-hydrogen) atoms. The number of guanidine groups is 1. The number of aromatic nitrogens is 2. The van der Waals surface area contributed by atoms with Crippen molar-refractivity contribution in [3.63, 3.8) is 0 Å². The lowest BCUT2D eigenvalue weighted by atomic mass is 9.44. The quantitative estimate of drug-likeness (QED) is 0.266. The molecule has 8 nitrogen and oxygen atoms in total. The zero-order valence-corrected chi connectivity index (χ0v) is 26.9. The van der Waals surface area contributed by atoms with E-state index in [0.717, 1.165) is 51.3 Å². The summed E-state index contributed by atoms with van der Waals surface area (Å²) >= 11 is 0. The lowest BCUT2D eigenvalue weighted by Gasteiger charge is -2.63. The normalized spacial score (nSPS) is 24.6. The van der Waals surface area contributed by atoms with Crippen molar-refractivity contribution in [2.45, 2.75) is 66.0 Å². The summed E-state index contributed by atoms with van der Waals surface area (Å²) in [5.41, 5.74) is 2.29. The summed E-state index contributed by atoms with van der Waals surface area (Å²) in [7, 11) is 1.51. The van der Waals surface area contributed by atoms with Crippen LogP contribution in [0.3, 0.4) is 0 Å². The van der Waals surface area contributed by atoms with Gasteiger partial charge in [0.15, 0.2) is 5.96 Å². The van der Waals surface area contributed by atoms with Crippen LogP contribution in [-0.2, 0) is 13.0 Å². The molecular formula is C35H47FN6O2. The second-order valence-electron chi connectivity index (χ2n) is 13.7. The van der Waals surface area contributed by atoms with Crippen LogP contribution in [0.5, 0.6) is 5.75 Å². The molecular weight excluding hydrogens is 555 g/mol. The van der Waals surface area contributed by atoms with E-state index in [1.54, 1.807) is 23.0 Å². The predicted molar refractivity (Wildman–Crippen MR) is 174 cm³/mol. The van der Waals surface area contributed by atoms with Crippen LogP contribution in [0.25, 0.3) is 10.9 Å². The van der Waals surface area contributed by atoms with Crippen LogP contribution in [0.2, 0.25) is 0 Å². The van der Waals surface area contributed by atoms with Gasteiger partial charge in [0, 0.05) is 50.5 Å². The minimum absolute atomic E-state index is 0.141. The Kier molecular flexibility index (Phi) is 8.44. The van der Waals surface area contributed by atoms with Crippen molar-refractivity contribution >= 4 is 22.5 Å². The maximum Gasteiger partial charge on any atom is 0.261 e. The molecule has 4 atom stereocenters. The number of fused-ring (bicyclic) bond motifs is 3. The number of benzene rings is 2. The van der Waals surface area contributed by atoms with Gasteiger partial charge in [0.1, 0.15) is 11.6 Å². The SMILES string of the molecule is CCCN1CCN(C(=N)N(c2ccc3c(=O)n(CCc4ccc(OC)cc4F)cnc3c2)C2C[C@@H]3C[C@H]([C@@H]2C)C3(C)C)CC1. The van der Waals surface area contributed by atoms with Crippen molar-refractivity contribution < 1.29 is 9.13 Å². The minimum atomic E-state index is -0.344. The number of aryl methyl sites for hydroxylation is 2. The number of rotatable bonds is 8. The van der Waals surface area contributed by atoms with Crippen LogP contribution in [-0.4, -0.2) is 71.2 Å². The largest absolute Gasteiger partial charge is 0.497 e. The first-order valence-corrected chi connectivity index (χ1v) is 16.3. The smallest absolute Gasteiger partial charge is 0.261 e. The molecule has 1 saturated heterocycles. The summed E-state index contributed by atoms with van der Waals surface area (Å²) in [6.07, 6.45) is 5.43. The van der Waals surface area contributed by atoms with Crippen LogP contribution in [0.1, 0.15) is 52.5 Å². The maximum atomic E-state index is 14.5. The van der Waals surface area contributed by atoms with Crippen molar-refractivity contribution in [2.75, 3.05) is 44.7 Å². The van der Waals surface area contributed by atoms with Gasteiger partial charge in [0.05, 0.1) is 24.3 Å². The molecule has 4 aliphatic rings. The van der Waals surface area contributed by atoms with Gasteiger partial charge in [0.25, 0.3) is 5.56 Å². The first kappa shape index (κ1) is 30.6. The van der Waals surface area contributed by atoms with E-state index < -0.39 is 0 Å². The lowest BCUT2D eigenvalue weighted by Crippen LogP contribution is -2.64. The monoisotopic (exact) mass is 602 g/mol. The number of halogens is 1. The highest BCUT2D eigenvalue weighted by molar-refractivity contribution is 5.96. The van der Waals surface area contributed by atoms with Crippen molar-refractivity contribution in [2.24, 2.45) is 23.2 Å². The number of piperazine rings is 1. The highest BCUT2D eigenvalue weighted by Gasteiger charge is 2.57. The van der Waals surface area contributed by atoms with E-state index in [-0.39, 0.29) is 17.4 Å². The number of anilines is 1. The molecule has 1 aliphatic heterocycles. The molecule has 0 amide bonds. The third-order valence-corrected chi connectivity index (χ3v) is 11.1. The summed E-state index contributed by atoms with van der Waals surface area (Å²) in [6.45, 7) is 14.5. The summed E-state index contributed by atoms with van der Waals surface area (Å²) in [4.78, 5) is 25.2. The molecule has 2 bridgehead atoms. The average molecular weight is 603 g/mol. The van der Waals surface area contributed by atoms with E-state index in [0.29, 0.717) is 64.3 Å². The maximum absolute atomic E-state index is 14.5. The number of hydrogen-bond acceptors (Lipinski definition) is 5. The molecule has 1 unspecified atom stereocenters. The Morgan fingerprint density at radius 3 is 2.55 bits per heavy atom. The second-order valence-corrected chi connectivity index (χ2v) is 13.7. The first-order valence-electron chi connectivity index (χ1n) is 16.3. The first-order chi connectivity index (χ1) is 21.1. The van der Waals surface area contributed by atoms with E-state index >= 15 is 0 Å². The minimum Gasteiger partial charge on any atom is -0.497 e. The van der Waals surface area contributed by atoms with Gasteiger partial charge in [-0.2, -0.15) is 0 Å². The van der Waals surface area contributed by atoms with Gasteiger partial charge in [-0.3, -0.25) is 19.7 Å². The Morgan fingerprint density at radius 2 is 1.89 bits per heavy atom. The summed E-state index contributed by atoms with van der Waals surface area (Å²) in [5.74, 6) is 2.44. The highest BCUT2D eigenvalue weighted by Crippen LogP contribution is 2.62. The Bertz CT molecular complexity index is 1580. The number of hydrogen-bond donors (Lipinski definition) is 1. The Balaban J connectivity index is 1.27. The second kappa shape index (κ2) is 12.1. The number of methoxy groups -OCH3 is 1. The molecule has 2 aromatic carbocycles. The zero-order chi connectivity index (χ0) is 31.2. The third kappa shape index (κ3) is 5.48. The van der Waals surface area contributed by atoms with Crippen LogP contribution in [0.15, 0.2) is 47.5 Å². The van der Waals surface area contributed by atoms with E-state index in [1.165, 1.54) is 19.6 Å². The topological polar surface area (TPSA) is 77.7 Å². The van der Waals surface area contributed by atoms with Gasteiger partial charge in [-0.25, -0.2) is 9.37 Å². The van der Waals surface area contributed by atoms with Crippen LogP contribution >= 0.6 is 0 Å². The Hall–Kier alpha value is -3.46. The lowest BCUT2D eigenvalue weighted by molar-refractivity contribution is -0.108. The van der Waals surface area contributed by atoms with E-state index in [1.807, 2.05) is 18.2 Å². The van der Waals surface area contributed by atoms with Crippen molar-refractivity contribution in [1.29, 1.82) is 5.41 Å². The summed E-state index contributed by atoms with van der Waals surface area (Å²) in [6, 6.07) is 10.9.